The zero-order valence-electron chi connectivity index (χ0n) is 18.8. The Labute approximate surface area is 192 Å². The molecule has 4 heterocycles. The number of anilines is 1. The summed E-state index contributed by atoms with van der Waals surface area (Å²) in [5.74, 6) is 0.649. The van der Waals surface area contributed by atoms with Gasteiger partial charge in [0, 0.05) is 24.3 Å². The molecule has 0 unspecified atom stereocenters. The number of benzene rings is 1. The lowest BCUT2D eigenvalue weighted by molar-refractivity contribution is 0.316. The van der Waals surface area contributed by atoms with Gasteiger partial charge in [-0.1, -0.05) is 30.2 Å². The Kier molecular flexibility index (Phi) is 5.47. The highest BCUT2D eigenvalue weighted by Crippen LogP contribution is 2.24. The average molecular weight is 444 g/mol. The molecule has 0 atom stereocenters. The Hall–Kier alpha value is -3.33. The second-order valence-corrected chi connectivity index (χ2v) is 9.12. The first-order valence-corrected chi connectivity index (χ1v) is 12.0. The van der Waals surface area contributed by atoms with E-state index < -0.39 is 0 Å². The van der Waals surface area contributed by atoms with Crippen LogP contribution in [0.3, 0.4) is 0 Å². The number of hydrogen-bond acceptors (Lipinski definition) is 7. The van der Waals surface area contributed by atoms with Crippen LogP contribution in [0.4, 0.5) is 5.95 Å². The molecule has 170 valence electrons. The summed E-state index contributed by atoms with van der Waals surface area (Å²) in [6.07, 6.45) is 13.3. The van der Waals surface area contributed by atoms with Crippen molar-refractivity contribution in [3.05, 3.63) is 42.9 Å². The quantitative estimate of drug-likeness (QED) is 0.467. The van der Waals surface area contributed by atoms with Crippen molar-refractivity contribution >= 4 is 17.1 Å². The lowest BCUT2D eigenvalue weighted by atomic mass is 10.1. The van der Waals surface area contributed by atoms with Gasteiger partial charge < -0.3 is 10.2 Å². The second-order valence-electron chi connectivity index (χ2n) is 9.12. The summed E-state index contributed by atoms with van der Waals surface area (Å²) in [5.41, 5.74) is 4.59. The smallest absolute Gasteiger partial charge is 0.225 e. The maximum atomic E-state index is 4.71. The van der Waals surface area contributed by atoms with Gasteiger partial charge in [0.25, 0.3) is 0 Å². The molecule has 3 aromatic heterocycles. The first-order chi connectivity index (χ1) is 16.3. The van der Waals surface area contributed by atoms with Crippen LogP contribution in [0.15, 0.2) is 42.9 Å². The first-order valence-electron chi connectivity index (χ1n) is 12.0. The molecule has 2 aliphatic rings. The summed E-state index contributed by atoms with van der Waals surface area (Å²) in [4.78, 5) is 11.6. The lowest BCUT2D eigenvalue weighted by Crippen LogP contribution is -2.24. The average Bonchev–Trinajstić information content (AvgIpc) is 3.66. The number of hydrogen-bond donors (Lipinski definition) is 1. The van der Waals surface area contributed by atoms with E-state index in [0.717, 1.165) is 29.9 Å². The second kappa shape index (κ2) is 8.90. The fourth-order valence-corrected chi connectivity index (χ4v) is 4.90. The Morgan fingerprint density at radius 1 is 0.909 bits per heavy atom. The van der Waals surface area contributed by atoms with Crippen LogP contribution in [0.2, 0.25) is 0 Å². The first kappa shape index (κ1) is 20.3. The van der Waals surface area contributed by atoms with Gasteiger partial charge in [-0.15, -0.1) is 5.10 Å². The van der Waals surface area contributed by atoms with Gasteiger partial charge in [-0.3, -0.25) is 4.68 Å². The highest BCUT2D eigenvalue weighted by molar-refractivity contribution is 5.72. The molecule has 6 rings (SSSR count). The number of nitrogens with one attached hydrogen (secondary N) is 1. The van der Waals surface area contributed by atoms with Crippen molar-refractivity contribution in [3.8, 4) is 16.8 Å². The van der Waals surface area contributed by atoms with Crippen LogP contribution >= 0.6 is 0 Å². The fourth-order valence-electron chi connectivity index (χ4n) is 4.90. The van der Waals surface area contributed by atoms with E-state index in [1.807, 2.05) is 10.9 Å². The van der Waals surface area contributed by atoms with Crippen molar-refractivity contribution < 1.29 is 0 Å². The number of aromatic nitrogens is 7. The topological polar surface area (TPSA) is 89.6 Å². The van der Waals surface area contributed by atoms with Crippen molar-refractivity contribution in [2.45, 2.75) is 51.1 Å². The zero-order valence-corrected chi connectivity index (χ0v) is 18.8. The minimum atomic E-state index is 0.460. The van der Waals surface area contributed by atoms with Crippen molar-refractivity contribution in [1.82, 2.24) is 39.6 Å². The van der Waals surface area contributed by atoms with Crippen molar-refractivity contribution in [1.29, 1.82) is 0 Å². The summed E-state index contributed by atoms with van der Waals surface area (Å²) in [6, 6.07) is 8.77. The van der Waals surface area contributed by atoms with E-state index in [0.29, 0.717) is 23.2 Å². The van der Waals surface area contributed by atoms with E-state index in [2.05, 4.69) is 61.1 Å². The molecule has 0 radical (unpaired) electrons. The molecule has 1 aromatic carbocycles. The van der Waals surface area contributed by atoms with E-state index in [9.17, 15) is 0 Å². The SMILES string of the molecule is c1cc(-n2nnc3cnc(NC4CCCC4)nc32)ccc1-c1cnn(CCN2CCCC2)c1. The molecular weight excluding hydrogens is 414 g/mol. The van der Waals surface area contributed by atoms with Crippen molar-refractivity contribution in [2.75, 3.05) is 25.0 Å². The third kappa shape index (κ3) is 4.32. The predicted molar refractivity (Wildman–Crippen MR) is 127 cm³/mol. The molecule has 1 saturated carbocycles. The van der Waals surface area contributed by atoms with Gasteiger partial charge in [0.15, 0.2) is 11.2 Å². The molecule has 1 saturated heterocycles. The Morgan fingerprint density at radius 3 is 2.55 bits per heavy atom. The van der Waals surface area contributed by atoms with Crippen LogP contribution in [0.5, 0.6) is 0 Å². The largest absolute Gasteiger partial charge is 0.351 e. The predicted octanol–water partition coefficient (Wildman–Crippen LogP) is 3.52. The maximum Gasteiger partial charge on any atom is 0.225 e. The van der Waals surface area contributed by atoms with Crippen molar-refractivity contribution in [2.24, 2.45) is 0 Å². The number of rotatable bonds is 7. The highest BCUT2D eigenvalue weighted by atomic mass is 15.4. The van der Waals surface area contributed by atoms with Gasteiger partial charge in [-0.25, -0.2) is 4.98 Å². The fraction of sp³-hybridized carbons (Fsp3) is 0.458. The molecule has 0 amide bonds. The van der Waals surface area contributed by atoms with Crippen LogP contribution in [0.25, 0.3) is 28.0 Å². The minimum absolute atomic E-state index is 0.460. The van der Waals surface area contributed by atoms with Gasteiger partial charge in [0.1, 0.15) is 0 Å². The molecule has 2 fully saturated rings. The number of nitrogens with zero attached hydrogens (tertiary/aromatic N) is 8. The van der Waals surface area contributed by atoms with E-state index >= 15 is 0 Å². The summed E-state index contributed by atoms with van der Waals surface area (Å²) < 4.78 is 3.82. The lowest BCUT2D eigenvalue weighted by Gasteiger charge is -2.13. The van der Waals surface area contributed by atoms with Gasteiger partial charge >= 0.3 is 0 Å². The Balaban J connectivity index is 1.18. The third-order valence-corrected chi connectivity index (χ3v) is 6.80. The van der Waals surface area contributed by atoms with Gasteiger partial charge in [0.05, 0.1) is 24.6 Å². The summed E-state index contributed by atoms with van der Waals surface area (Å²) in [5, 5.41) is 16.6. The third-order valence-electron chi connectivity index (χ3n) is 6.80. The molecule has 1 aliphatic carbocycles. The molecule has 0 bridgehead atoms. The normalized spacial score (nSPS) is 17.3. The van der Waals surface area contributed by atoms with E-state index in [-0.39, 0.29) is 0 Å². The van der Waals surface area contributed by atoms with Crippen LogP contribution in [-0.4, -0.2) is 65.3 Å². The Bertz CT molecular complexity index is 1210. The molecule has 1 aliphatic heterocycles. The molecule has 1 N–H and O–H groups in total. The van der Waals surface area contributed by atoms with Crippen LogP contribution in [0, 0.1) is 0 Å². The van der Waals surface area contributed by atoms with E-state index in [1.54, 1.807) is 10.9 Å². The van der Waals surface area contributed by atoms with Crippen molar-refractivity contribution in [3.63, 3.8) is 0 Å². The van der Waals surface area contributed by atoms with Crippen LogP contribution < -0.4 is 5.32 Å². The minimum Gasteiger partial charge on any atom is -0.351 e. The molecule has 33 heavy (non-hydrogen) atoms. The summed E-state index contributed by atoms with van der Waals surface area (Å²) >= 11 is 0. The molecule has 0 spiro atoms. The number of fused-ring (bicyclic) bond motifs is 1. The van der Waals surface area contributed by atoms with Gasteiger partial charge in [-0.05, 0) is 56.5 Å². The zero-order chi connectivity index (χ0) is 22.0. The maximum absolute atomic E-state index is 4.71. The molecular formula is C24H29N9. The highest BCUT2D eigenvalue weighted by Gasteiger charge is 2.17. The molecule has 4 aromatic rings. The van der Waals surface area contributed by atoms with E-state index in [4.69, 9.17) is 4.98 Å². The monoisotopic (exact) mass is 443 g/mol. The summed E-state index contributed by atoms with van der Waals surface area (Å²) in [7, 11) is 0. The van der Waals surface area contributed by atoms with Gasteiger partial charge in [0.2, 0.25) is 5.95 Å². The van der Waals surface area contributed by atoms with Gasteiger partial charge in [-0.2, -0.15) is 14.8 Å². The molecule has 9 nitrogen and oxygen atoms in total. The Morgan fingerprint density at radius 2 is 1.73 bits per heavy atom. The standard InChI is InChI=1S/C24H29N9/c1-2-6-20(5-1)27-24-25-16-22-23(28-24)33(30-29-22)21-9-7-18(8-10-21)19-15-26-32(17-19)14-13-31-11-3-4-12-31/h7-10,15-17,20H,1-6,11-14H2,(H,25,27,28). The number of likely N-dealkylation sites (tertiary alicyclic amines) is 1. The summed E-state index contributed by atoms with van der Waals surface area (Å²) in [6.45, 7) is 4.43. The van der Waals surface area contributed by atoms with Crippen LogP contribution in [-0.2, 0) is 6.54 Å². The molecule has 9 heteroatoms. The van der Waals surface area contributed by atoms with Crippen LogP contribution in [0.1, 0.15) is 38.5 Å². The van der Waals surface area contributed by atoms with E-state index in [1.165, 1.54) is 51.6 Å².